The summed E-state index contributed by atoms with van der Waals surface area (Å²) < 4.78 is 6.21. The fourth-order valence-corrected chi connectivity index (χ4v) is 2.75. The first kappa shape index (κ1) is 20.3. The van der Waals surface area contributed by atoms with E-state index in [1.807, 2.05) is 32.9 Å². The summed E-state index contributed by atoms with van der Waals surface area (Å²) in [4.78, 5) is 43.6. The highest BCUT2D eigenvalue weighted by Gasteiger charge is 2.22. The molecule has 2 aromatic heterocycles. The van der Waals surface area contributed by atoms with Crippen LogP contribution in [0.4, 0.5) is 5.82 Å². The van der Waals surface area contributed by atoms with Gasteiger partial charge in [-0.05, 0) is 30.2 Å². The Balaban J connectivity index is 1.75. The molecule has 1 aromatic carbocycles. The molecule has 2 heterocycles. The van der Waals surface area contributed by atoms with Gasteiger partial charge in [0.25, 0.3) is 5.56 Å². The molecule has 0 aliphatic heterocycles. The molecule has 0 bridgehead atoms. The van der Waals surface area contributed by atoms with Crippen LogP contribution in [0.5, 0.6) is 0 Å². The molecule has 0 aliphatic rings. The van der Waals surface area contributed by atoms with Crippen LogP contribution in [0.25, 0.3) is 11.0 Å². The van der Waals surface area contributed by atoms with E-state index in [1.165, 1.54) is 18.0 Å². The van der Waals surface area contributed by atoms with E-state index in [1.54, 1.807) is 18.2 Å². The van der Waals surface area contributed by atoms with Crippen molar-refractivity contribution in [2.75, 3.05) is 12.4 Å². The standard InChI is InChI=1S/C21H24N4O4/c1-21(2,3)20(28)24-16-11-15-17(23-16)22-12-25(18(15)26)10-9-13-5-7-14(8-6-13)19(27)29-4/h5-8,11-12,23H,9-10H2,1-4H3,(H,24,28). The quantitative estimate of drug-likeness (QED) is 0.645. The second-order valence-corrected chi connectivity index (χ2v) is 7.83. The van der Waals surface area contributed by atoms with Gasteiger partial charge in [0, 0.05) is 12.0 Å². The number of anilines is 1. The van der Waals surface area contributed by atoms with Crippen LogP contribution in [-0.4, -0.2) is 33.5 Å². The predicted molar refractivity (Wildman–Crippen MR) is 110 cm³/mol. The van der Waals surface area contributed by atoms with Gasteiger partial charge in [0.05, 0.1) is 24.4 Å². The van der Waals surface area contributed by atoms with E-state index in [4.69, 9.17) is 0 Å². The van der Waals surface area contributed by atoms with Gasteiger partial charge in [-0.15, -0.1) is 0 Å². The average molecular weight is 396 g/mol. The van der Waals surface area contributed by atoms with Crippen LogP contribution in [0, 0.1) is 5.41 Å². The van der Waals surface area contributed by atoms with Crippen molar-refractivity contribution in [3.63, 3.8) is 0 Å². The van der Waals surface area contributed by atoms with Crippen molar-refractivity contribution < 1.29 is 14.3 Å². The molecule has 0 saturated heterocycles. The van der Waals surface area contributed by atoms with Gasteiger partial charge in [-0.1, -0.05) is 32.9 Å². The minimum Gasteiger partial charge on any atom is -0.465 e. The summed E-state index contributed by atoms with van der Waals surface area (Å²) in [7, 11) is 1.34. The molecule has 152 valence electrons. The summed E-state index contributed by atoms with van der Waals surface area (Å²) in [6.45, 7) is 5.88. The maximum absolute atomic E-state index is 12.8. The van der Waals surface area contributed by atoms with Crippen molar-refractivity contribution >= 4 is 28.7 Å². The number of carbonyl (C=O) groups excluding carboxylic acids is 2. The summed E-state index contributed by atoms with van der Waals surface area (Å²) in [5.74, 6) is -0.0929. The Morgan fingerprint density at radius 1 is 1.21 bits per heavy atom. The summed E-state index contributed by atoms with van der Waals surface area (Å²) >= 11 is 0. The number of amides is 1. The van der Waals surface area contributed by atoms with Gasteiger partial charge < -0.3 is 15.0 Å². The number of aryl methyl sites for hydroxylation is 2. The third kappa shape index (κ3) is 4.53. The highest BCUT2D eigenvalue weighted by Crippen LogP contribution is 2.19. The van der Waals surface area contributed by atoms with E-state index >= 15 is 0 Å². The molecule has 8 nitrogen and oxygen atoms in total. The molecule has 0 aliphatic carbocycles. The van der Waals surface area contributed by atoms with Crippen LogP contribution < -0.4 is 10.9 Å². The second kappa shape index (κ2) is 7.90. The third-order valence-electron chi connectivity index (χ3n) is 4.56. The van der Waals surface area contributed by atoms with Gasteiger partial charge in [-0.3, -0.25) is 14.2 Å². The third-order valence-corrected chi connectivity index (χ3v) is 4.56. The Kier molecular flexibility index (Phi) is 5.54. The first-order valence-corrected chi connectivity index (χ1v) is 9.26. The van der Waals surface area contributed by atoms with E-state index in [2.05, 4.69) is 20.0 Å². The number of rotatable bonds is 5. The van der Waals surface area contributed by atoms with E-state index in [-0.39, 0.29) is 17.4 Å². The molecule has 3 rings (SSSR count). The number of nitrogens with one attached hydrogen (secondary N) is 2. The molecule has 0 unspecified atom stereocenters. The van der Waals surface area contributed by atoms with Gasteiger partial charge in [-0.2, -0.15) is 0 Å². The number of benzene rings is 1. The lowest BCUT2D eigenvalue weighted by Gasteiger charge is -2.16. The number of aromatic nitrogens is 3. The van der Waals surface area contributed by atoms with Crippen LogP contribution in [0.1, 0.15) is 36.7 Å². The fourth-order valence-electron chi connectivity index (χ4n) is 2.75. The van der Waals surface area contributed by atoms with Crippen LogP contribution >= 0.6 is 0 Å². The molecule has 0 radical (unpaired) electrons. The molecule has 0 spiro atoms. The van der Waals surface area contributed by atoms with E-state index in [9.17, 15) is 14.4 Å². The average Bonchev–Trinajstić information content (AvgIpc) is 3.10. The van der Waals surface area contributed by atoms with Gasteiger partial charge in [-0.25, -0.2) is 9.78 Å². The number of hydrogen-bond donors (Lipinski definition) is 2. The van der Waals surface area contributed by atoms with Crippen molar-refractivity contribution in [1.29, 1.82) is 0 Å². The van der Waals surface area contributed by atoms with Gasteiger partial charge in [0.2, 0.25) is 5.91 Å². The first-order valence-electron chi connectivity index (χ1n) is 9.26. The topological polar surface area (TPSA) is 106 Å². The number of ether oxygens (including phenoxy) is 1. The highest BCUT2D eigenvalue weighted by atomic mass is 16.5. The van der Waals surface area contributed by atoms with Crippen LogP contribution in [-0.2, 0) is 22.5 Å². The van der Waals surface area contributed by atoms with Crippen molar-refractivity contribution in [2.45, 2.75) is 33.7 Å². The maximum Gasteiger partial charge on any atom is 0.337 e. The highest BCUT2D eigenvalue weighted by molar-refractivity contribution is 5.96. The van der Waals surface area contributed by atoms with E-state index in [0.717, 1.165) is 5.56 Å². The molecule has 2 N–H and O–H groups in total. The number of carbonyl (C=O) groups is 2. The summed E-state index contributed by atoms with van der Waals surface area (Å²) in [6.07, 6.45) is 2.09. The Morgan fingerprint density at radius 2 is 1.90 bits per heavy atom. The molecule has 0 fully saturated rings. The number of H-pyrrole nitrogens is 1. The molecule has 3 aromatic rings. The van der Waals surface area contributed by atoms with Gasteiger partial charge in [0.15, 0.2) is 0 Å². The molecule has 0 saturated carbocycles. The minimum absolute atomic E-state index is 0.153. The first-order chi connectivity index (χ1) is 13.7. The molecule has 29 heavy (non-hydrogen) atoms. The van der Waals surface area contributed by atoms with Crippen LogP contribution in [0.2, 0.25) is 0 Å². The van der Waals surface area contributed by atoms with E-state index < -0.39 is 5.41 Å². The number of fused-ring (bicyclic) bond motifs is 1. The van der Waals surface area contributed by atoms with Gasteiger partial charge in [0.1, 0.15) is 11.5 Å². The largest absolute Gasteiger partial charge is 0.465 e. The van der Waals surface area contributed by atoms with Crippen molar-refractivity contribution in [3.05, 3.63) is 58.1 Å². The summed E-state index contributed by atoms with van der Waals surface area (Å²) in [6, 6.07) is 8.67. The smallest absolute Gasteiger partial charge is 0.337 e. The monoisotopic (exact) mass is 396 g/mol. The number of nitrogens with zero attached hydrogens (tertiary/aromatic N) is 2. The van der Waals surface area contributed by atoms with E-state index in [0.29, 0.717) is 35.4 Å². The van der Waals surface area contributed by atoms with Crippen molar-refractivity contribution in [1.82, 2.24) is 14.5 Å². The molecule has 1 amide bonds. The Hall–Kier alpha value is -3.42. The minimum atomic E-state index is -0.547. The normalized spacial score (nSPS) is 11.4. The molecule has 0 atom stereocenters. The number of methoxy groups -OCH3 is 1. The lowest BCUT2D eigenvalue weighted by atomic mass is 9.96. The Bertz CT molecular complexity index is 1100. The van der Waals surface area contributed by atoms with Crippen LogP contribution in [0.15, 0.2) is 41.5 Å². The molecular formula is C21H24N4O4. The zero-order valence-electron chi connectivity index (χ0n) is 16.9. The SMILES string of the molecule is COC(=O)c1ccc(CCn2cnc3[nH]c(NC(=O)C(C)(C)C)cc3c2=O)cc1. The second-order valence-electron chi connectivity index (χ2n) is 7.83. The number of hydrogen-bond acceptors (Lipinski definition) is 5. The number of esters is 1. The lowest BCUT2D eigenvalue weighted by molar-refractivity contribution is -0.123. The van der Waals surface area contributed by atoms with Crippen molar-refractivity contribution in [3.8, 4) is 0 Å². The zero-order valence-corrected chi connectivity index (χ0v) is 16.9. The maximum atomic E-state index is 12.8. The van der Waals surface area contributed by atoms with Crippen molar-refractivity contribution in [2.24, 2.45) is 5.41 Å². The Labute approximate surface area is 167 Å². The summed E-state index contributed by atoms with van der Waals surface area (Å²) in [5.41, 5.74) is 1.16. The number of aromatic amines is 1. The molecule has 8 heteroatoms. The molecular weight excluding hydrogens is 372 g/mol. The predicted octanol–water partition coefficient (Wildman–Crippen LogP) is 2.74. The zero-order chi connectivity index (χ0) is 21.2. The van der Waals surface area contributed by atoms with Crippen LogP contribution in [0.3, 0.4) is 0 Å². The lowest BCUT2D eigenvalue weighted by Crippen LogP contribution is -2.27. The summed E-state index contributed by atoms with van der Waals surface area (Å²) in [5, 5.41) is 3.19. The Morgan fingerprint density at radius 3 is 2.52 bits per heavy atom. The van der Waals surface area contributed by atoms with Gasteiger partial charge >= 0.3 is 5.97 Å². The fraction of sp³-hybridized carbons (Fsp3) is 0.333.